The van der Waals surface area contributed by atoms with Crippen molar-refractivity contribution in [1.82, 2.24) is 10.2 Å². The Labute approximate surface area is 117 Å². The number of hydrogen-bond acceptors (Lipinski definition) is 3. The molecule has 2 amide bonds. The van der Waals surface area contributed by atoms with Gasteiger partial charge in [-0.05, 0) is 30.9 Å². The van der Waals surface area contributed by atoms with Crippen molar-refractivity contribution >= 4 is 12.0 Å². The van der Waals surface area contributed by atoms with E-state index in [9.17, 15) is 9.59 Å². The molecule has 6 heteroatoms. The lowest BCUT2D eigenvalue weighted by Gasteiger charge is -2.16. The molecule has 1 aliphatic heterocycles. The van der Waals surface area contributed by atoms with Crippen LogP contribution in [0.5, 0.6) is 0 Å². The van der Waals surface area contributed by atoms with Crippen molar-refractivity contribution in [3.05, 3.63) is 23.7 Å². The smallest absolute Gasteiger partial charge is 0.371 e. The van der Waals surface area contributed by atoms with Gasteiger partial charge in [-0.25, -0.2) is 9.59 Å². The maximum absolute atomic E-state index is 12.0. The van der Waals surface area contributed by atoms with E-state index < -0.39 is 5.97 Å². The van der Waals surface area contributed by atoms with Crippen LogP contribution in [0.3, 0.4) is 0 Å². The molecular formula is C14H20N2O4. The molecule has 1 saturated heterocycles. The Morgan fingerprint density at radius 3 is 2.95 bits per heavy atom. The zero-order valence-corrected chi connectivity index (χ0v) is 11.6. The van der Waals surface area contributed by atoms with E-state index >= 15 is 0 Å². The third-order valence-electron chi connectivity index (χ3n) is 3.56. The number of carboxylic acids is 1. The number of nitrogens with zero attached hydrogens (tertiary/aromatic N) is 1. The van der Waals surface area contributed by atoms with Crippen LogP contribution in [0.1, 0.15) is 42.5 Å². The molecule has 1 aromatic heterocycles. The largest absolute Gasteiger partial charge is 0.475 e. The molecule has 110 valence electrons. The second kappa shape index (κ2) is 6.45. The summed E-state index contributed by atoms with van der Waals surface area (Å²) in [7, 11) is 0. The summed E-state index contributed by atoms with van der Waals surface area (Å²) in [6.45, 7) is 3.95. The van der Waals surface area contributed by atoms with Gasteiger partial charge in [0.15, 0.2) is 0 Å². The molecule has 2 rings (SSSR count). The number of carboxylic acid groups (broad SMARTS) is 1. The van der Waals surface area contributed by atoms with Crippen molar-refractivity contribution in [3.63, 3.8) is 0 Å². The van der Waals surface area contributed by atoms with Crippen molar-refractivity contribution < 1.29 is 19.1 Å². The first-order valence-corrected chi connectivity index (χ1v) is 6.95. The maximum Gasteiger partial charge on any atom is 0.371 e. The molecule has 1 fully saturated rings. The number of nitrogens with one attached hydrogen (secondary N) is 1. The van der Waals surface area contributed by atoms with E-state index in [-0.39, 0.29) is 18.3 Å². The summed E-state index contributed by atoms with van der Waals surface area (Å²) in [5, 5.41) is 11.5. The molecule has 0 bridgehead atoms. The van der Waals surface area contributed by atoms with Crippen molar-refractivity contribution in [3.8, 4) is 0 Å². The first kappa shape index (κ1) is 14.4. The number of likely N-dealkylation sites (tertiary alicyclic amines) is 1. The van der Waals surface area contributed by atoms with E-state index in [0.717, 1.165) is 32.4 Å². The van der Waals surface area contributed by atoms with Gasteiger partial charge in [-0.15, -0.1) is 0 Å². The average molecular weight is 280 g/mol. The summed E-state index contributed by atoms with van der Waals surface area (Å²) < 4.78 is 5.09. The van der Waals surface area contributed by atoms with Gasteiger partial charge >= 0.3 is 12.0 Å². The van der Waals surface area contributed by atoms with Crippen LogP contribution >= 0.6 is 0 Å². The van der Waals surface area contributed by atoms with Crippen LogP contribution in [0.25, 0.3) is 0 Å². The van der Waals surface area contributed by atoms with Crippen molar-refractivity contribution in [2.45, 2.75) is 32.7 Å². The number of hydrogen-bond donors (Lipinski definition) is 2. The monoisotopic (exact) mass is 280 g/mol. The van der Waals surface area contributed by atoms with Gasteiger partial charge in [-0.3, -0.25) is 0 Å². The molecule has 1 aliphatic rings. The summed E-state index contributed by atoms with van der Waals surface area (Å²) >= 11 is 0. The van der Waals surface area contributed by atoms with E-state index in [1.165, 1.54) is 6.07 Å². The molecule has 0 aliphatic carbocycles. The Bertz CT molecular complexity index is 483. The van der Waals surface area contributed by atoms with Crippen LogP contribution in [0, 0.1) is 5.92 Å². The standard InChI is InChI=1S/C14H20N2O4/c1-2-3-10-6-7-16(9-10)14(19)15-8-11-4-5-12(20-11)13(17)18/h4-5,10H,2-3,6-9H2,1H3,(H,15,19)(H,17,18). The fourth-order valence-electron chi connectivity index (χ4n) is 2.52. The first-order chi connectivity index (χ1) is 9.60. The molecule has 0 radical (unpaired) electrons. The van der Waals surface area contributed by atoms with Gasteiger partial charge in [0, 0.05) is 13.1 Å². The minimum absolute atomic E-state index is 0.113. The Kier molecular flexibility index (Phi) is 4.65. The number of aromatic carboxylic acids is 1. The van der Waals surface area contributed by atoms with Crippen LogP contribution in [0.2, 0.25) is 0 Å². The molecule has 20 heavy (non-hydrogen) atoms. The highest BCUT2D eigenvalue weighted by atomic mass is 16.4. The van der Waals surface area contributed by atoms with Crippen molar-refractivity contribution in [2.75, 3.05) is 13.1 Å². The molecule has 1 aromatic rings. The summed E-state index contributed by atoms with van der Waals surface area (Å²) in [4.78, 5) is 24.4. The lowest BCUT2D eigenvalue weighted by atomic mass is 10.0. The Balaban J connectivity index is 1.79. The predicted molar refractivity (Wildman–Crippen MR) is 72.5 cm³/mol. The SMILES string of the molecule is CCCC1CCN(C(=O)NCc2ccc(C(=O)O)o2)C1. The first-order valence-electron chi connectivity index (χ1n) is 6.95. The Hall–Kier alpha value is -1.98. The van der Waals surface area contributed by atoms with E-state index in [1.54, 1.807) is 11.0 Å². The Morgan fingerprint density at radius 1 is 1.50 bits per heavy atom. The highest BCUT2D eigenvalue weighted by molar-refractivity contribution is 5.84. The van der Waals surface area contributed by atoms with Crippen LogP contribution in [0.15, 0.2) is 16.5 Å². The van der Waals surface area contributed by atoms with Gasteiger partial charge in [0.25, 0.3) is 0 Å². The lowest BCUT2D eigenvalue weighted by Crippen LogP contribution is -2.38. The summed E-state index contributed by atoms with van der Waals surface area (Å²) in [6.07, 6.45) is 3.36. The highest BCUT2D eigenvalue weighted by Crippen LogP contribution is 2.20. The number of amides is 2. The van der Waals surface area contributed by atoms with Gasteiger partial charge in [0.2, 0.25) is 5.76 Å². The molecule has 2 N–H and O–H groups in total. The Morgan fingerprint density at radius 2 is 2.30 bits per heavy atom. The predicted octanol–water partition coefficient (Wildman–Crippen LogP) is 2.31. The van der Waals surface area contributed by atoms with Crippen LogP contribution in [0.4, 0.5) is 4.79 Å². The van der Waals surface area contributed by atoms with Crippen LogP contribution in [-0.2, 0) is 6.54 Å². The second-order valence-corrected chi connectivity index (χ2v) is 5.12. The molecule has 6 nitrogen and oxygen atoms in total. The van der Waals surface area contributed by atoms with Gasteiger partial charge in [-0.2, -0.15) is 0 Å². The van der Waals surface area contributed by atoms with E-state index in [2.05, 4.69) is 12.2 Å². The highest BCUT2D eigenvalue weighted by Gasteiger charge is 2.25. The van der Waals surface area contributed by atoms with Crippen LogP contribution < -0.4 is 5.32 Å². The summed E-state index contributed by atoms with van der Waals surface area (Å²) in [6, 6.07) is 2.83. The molecule has 0 aromatic carbocycles. The average Bonchev–Trinajstić information content (AvgIpc) is 3.05. The quantitative estimate of drug-likeness (QED) is 0.867. The van der Waals surface area contributed by atoms with E-state index in [4.69, 9.17) is 9.52 Å². The molecular weight excluding hydrogens is 260 g/mol. The number of carbonyl (C=O) groups excluding carboxylic acids is 1. The van der Waals surface area contributed by atoms with Gasteiger partial charge < -0.3 is 19.7 Å². The van der Waals surface area contributed by atoms with E-state index in [1.807, 2.05) is 0 Å². The fourth-order valence-corrected chi connectivity index (χ4v) is 2.52. The van der Waals surface area contributed by atoms with Gasteiger partial charge in [0.1, 0.15) is 5.76 Å². The lowest BCUT2D eigenvalue weighted by molar-refractivity contribution is 0.0660. The topological polar surface area (TPSA) is 82.8 Å². The van der Waals surface area contributed by atoms with E-state index in [0.29, 0.717) is 11.7 Å². The molecule has 1 atom stereocenters. The third-order valence-corrected chi connectivity index (χ3v) is 3.56. The number of urea groups is 1. The molecule has 0 saturated carbocycles. The number of furan rings is 1. The second-order valence-electron chi connectivity index (χ2n) is 5.12. The molecule has 1 unspecified atom stereocenters. The van der Waals surface area contributed by atoms with Gasteiger partial charge in [-0.1, -0.05) is 13.3 Å². The summed E-state index contributed by atoms with van der Waals surface area (Å²) in [5.74, 6) is -0.170. The molecule has 0 spiro atoms. The maximum atomic E-state index is 12.0. The van der Waals surface area contributed by atoms with Crippen molar-refractivity contribution in [2.24, 2.45) is 5.92 Å². The third kappa shape index (κ3) is 3.53. The molecule has 2 heterocycles. The number of carbonyl (C=O) groups is 2. The van der Waals surface area contributed by atoms with Crippen LogP contribution in [-0.4, -0.2) is 35.1 Å². The van der Waals surface area contributed by atoms with Crippen molar-refractivity contribution in [1.29, 1.82) is 0 Å². The minimum Gasteiger partial charge on any atom is -0.475 e. The minimum atomic E-state index is -1.11. The fraction of sp³-hybridized carbons (Fsp3) is 0.571. The summed E-state index contributed by atoms with van der Waals surface area (Å²) in [5.41, 5.74) is 0. The zero-order valence-electron chi connectivity index (χ0n) is 11.6. The van der Waals surface area contributed by atoms with Gasteiger partial charge in [0.05, 0.1) is 6.54 Å². The zero-order chi connectivity index (χ0) is 14.5. The number of rotatable bonds is 5. The normalized spacial score (nSPS) is 18.2.